The summed E-state index contributed by atoms with van der Waals surface area (Å²) in [5.41, 5.74) is 4.56. The largest absolute Gasteiger partial charge is 0.352 e. The van der Waals surface area contributed by atoms with Crippen LogP contribution in [0.1, 0.15) is 29.2 Å². The molecule has 4 rings (SSSR count). The van der Waals surface area contributed by atoms with E-state index in [9.17, 15) is 0 Å². The van der Waals surface area contributed by atoms with Crippen LogP contribution in [-0.2, 0) is 0 Å². The molecule has 126 valence electrons. The predicted molar refractivity (Wildman–Crippen MR) is 104 cm³/mol. The number of rotatable bonds is 3. The molecule has 1 saturated heterocycles. The van der Waals surface area contributed by atoms with Crippen LogP contribution in [0.5, 0.6) is 0 Å². The molecule has 2 aromatic heterocycles. The highest BCUT2D eigenvalue weighted by Crippen LogP contribution is 2.39. The SMILES string of the molecule is Cc1ccc([C@H]2[C@@H](c3ccccn3)NC(=S)N2C)n1-c1ccccc1. The van der Waals surface area contributed by atoms with Gasteiger partial charge in [0.2, 0.25) is 0 Å². The molecule has 2 atom stereocenters. The molecule has 0 amide bonds. The summed E-state index contributed by atoms with van der Waals surface area (Å²) >= 11 is 5.54. The topological polar surface area (TPSA) is 33.1 Å². The van der Waals surface area contributed by atoms with Crippen molar-refractivity contribution in [3.05, 3.63) is 83.9 Å². The van der Waals surface area contributed by atoms with Gasteiger partial charge >= 0.3 is 0 Å². The molecule has 0 radical (unpaired) electrons. The Morgan fingerprint density at radius 2 is 1.76 bits per heavy atom. The summed E-state index contributed by atoms with van der Waals surface area (Å²) in [5, 5.41) is 4.19. The van der Waals surface area contributed by atoms with E-state index in [1.54, 1.807) is 0 Å². The molecule has 5 heteroatoms. The summed E-state index contributed by atoms with van der Waals surface area (Å²) in [5.74, 6) is 0. The summed E-state index contributed by atoms with van der Waals surface area (Å²) in [7, 11) is 2.04. The van der Waals surface area contributed by atoms with Crippen LogP contribution in [-0.4, -0.2) is 26.6 Å². The van der Waals surface area contributed by atoms with E-state index in [4.69, 9.17) is 12.2 Å². The van der Waals surface area contributed by atoms with Crippen LogP contribution in [0.2, 0.25) is 0 Å². The molecule has 1 aromatic carbocycles. The van der Waals surface area contributed by atoms with Gasteiger partial charge in [0.1, 0.15) is 0 Å². The molecule has 0 unspecified atom stereocenters. The fourth-order valence-corrected chi connectivity index (χ4v) is 3.79. The van der Waals surface area contributed by atoms with E-state index < -0.39 is 0 Å². The lowest BCUT2D eigenvalue weighted by Gasteiger charge is -2.26. The van der Waals surface area contributed by atoms with E-state index in [-0.39, 0.29) is 12.1 Å². The summed E-state index contributed by atoms with van der Waals surface area (Å²) in [4.78, 5) is 6.68. The third-order valence-corrected chi connectivity index (χ3v) is 5.17. The lowest BCUT2D eigenvalue weighted by molar-refractivity contribution is 0.356. The van der Waals surface area contributed by atoms with Crippen LogP contribution in [0.4, 0.5) is 0 Å². The average Bonchev–Trinajstić information content (AvgIpc) is 3.16. The van der Waals surface area contributed by atoms with Gasteiger partial charge in [0, 0.05) is 30.3 Å². The molecule has 1 aliphatic rings. The lowest BCUT2D eigenvalue weighted by atomic mass is 10.0. The number of benzene rings is 1. The summed E-state index contributed by atoms with van der Waals surface area (Å²) in [6, 6.07) is 20.9. The number of nitrogens with zero attached hydrogens (tertiary/aromatic N) is 3. The first-order valence-corrected chi connectivity index (χ1v) is 8.75. The first-order valence-electron chi connectivity index (χ1n) is 8.35. The Morgan fingerprint density at radius 1 is 1.00 bits per heavy atom. The van der Waals surface area contributed by atoms with Gasteiger partial charge in [-0.1, -0.05) is 24.3 Å². The first kappa shape index (κ1) is 15.8. The van der Waals surface area contributed by atoms with E-state index in [0.717, 1.165) is 16.5 Å². The Labute approximate surface area is 153 Å². The maximum atomic E-state index is 5.54. The number of aromatic nitrogens is 2. The molecule has 3 aromatic rings. The predicted octanol–water partition coefficient (Wildman–Crippen LogP) is 3.78. The third kappa shape index (κ3) is 2.70. The van der Waals surface area contributed by atoms with Crippen molar-refractivity contribution in [3.63, 3.8) is 0 Å². The van der Waals surface area contributed by atoms with Crippen LogP contribution in [0.15, 0.2) is 66.9 Å². The standard InChI is InChI=1S/C20H20N4S/c1-14-11-12-17(24(14)15-8-4-3-5-9-15)19-18(22-20(25)23(19)2)16-10-6-7-13-21-16/h3-13,18-19H,1-2H3,(H,22,25)/t18-,19+/m1/s1. The quantitative estimate of drug-likeness (QED) is 0.730. The Bertz CT molecular complexity index is 889. The van der Waals surface area contributed by atoms with Crippen LogP contribution in [0, 0.1) is 6.92 Å². The number of aryl methyl sites for hydroxylation is 1. The zero-order valence-electron chi connectivity index (χ0n) is 14.3. The molecular formula is C20H20N4S. The molecule has 4 nitrogen and oxygen atoms in total. The molecule has 3 heterocycles. The van der Waals surface area contributed by atoms with Gasteiger partial charge in [-0.05, 0) is 55.5 Å². The highest BCUT2D eigenvalue weighted by Gasteiger charge is 2.39. The van der Waals surface area contributed by atoms with Gasteiger partial charge in [-0.2, -0.15) is 0 Å². The Kier molecular flexibility index (Phi) is 4.01. The van der Waals surface area contributed by atoms with E-state index in [1.807, 2.05) is 31.4 Å². The molecular weight excluding hydrogens is 328 g/mol. The second kappa shape index (κ2) is 6.33. The fraction of sp³-hybridized carbons (Fsp3) is 0.200. The van der Waals surface area contributed by atoms with Crippen molar-refractivity contribution >= 4 is 17.3 Å². The molecule has 1 N–H and O–H groups in total. The van der Waals surface area contributed by atoms with Crippen molar-refractivity contribution in [1.29, 1.82) is 0 Å². The maximum Gasteiger partial charge on any atom is 0.169 e. The zero-order valence-corrected chi connectivity index (χ0v) is 15.1. The average molecular weight is 348 g/mol. The van der Waals surface area contributed by atoms with Gasteiger partial charge in [-0.25, -0.2) is 0 Å². The number of hydrogen-bond acceptors (Lipinski definition) is 2. The summed E-state index contributed by atoms with van der Waals surface area (Å²) < 4.78 is 2.30. The number of likely N-dealkylation sites (N-methyl/N-ethyl adjacent to an activating group) is 1. The fourth-order valence-electron chi connectivity index (χ4n) is 3.55. The van der Waals surface area contributed by atoms with Gasteiger partial charge in [0.05, 0.1) is 17.8 Å². The van der Waals surface area contributed by atoms with Gasteiger partial charge < -0.3 is 14.8 Å². The van der Waals surface area contributed by atoms with E-state index in [0.29, 0.717) is 0 Å². The van der Waals surface area contributed by atoms with Gasteiger partial charge in [0.15, 0.2) is 5.11 Å². The molecule has 1 aliphatic heterocycles. The molecule has 0 saturated carbocycles. The smallest absolute Gasteiger partial charge is 0.169 e. The van der Waals surface area contributed by atoms with Crippen molar-refractivity contribution in [2.75, 3.05) is 7.05 Å². The van der Waals surface area contributed by atoms with Gasteiger partial charge in [-0.15, -0.1) is 0 Å². The van der Waals surface area contributed by atoms with E-state index in [1.165, 1.54) is 11.4 Å². The number of hydrogen-bond donors (Lipinski definition) is 1. The minimum atomic E-state index is 0.0236. The maximum absolute atomic E-state index is 5.54. The van der Waals surface area contributed by atoms with Crippen LogP contribution in [0.3, 0.4) is 0 Å². The van der Waals surface area contributed by atoms with Gasteiger partial charge in [0.25, 0.3) is 0 Å². The van der Waals surface area contributed by atoms with Crippen LogP contribution < -0.4 is 5.32 Å². The highest BCUT2D eigenvalue weighted by molar-refractivity contribution is 7.80. The molecule has 25 heavy (non-hydrogen) atoms. The van der Waals surface area contributed by atoms with Crippen molar-refractivity contribution in [2.45, 2.75) is 19.0 Å². The van der Waals surface area contributed by atoms with E-state index in [2.05, 4.69) is 69.2 Å². The van der Waals surface area contributed by atoms with Crippen LogP contribution in [0.25, 0.3) is 5.69 Å². The molecule has 0 spiro atoms. The van der Waals surface area contributed by atoms with Crippen molar-refractivity contribution < 1.29 is 0 Å². The second-order valence-electron chi connectivity index (χ2n) is 6.31. The lowest BCUT2D eigenvalue weighted by Crippen LogP contribution is -2.26. The van der Waals surface area contributed by atoms with E-state index >= 15 is 0 Å². The monoisotopic (exact) mass is 348 g/mol. The molecule has 1 fully saturated rings. The second-order valence-corrected chi connectivity index (χ2v) is 6.69. The molecule has 0 bridgehead atoms. The Morgan fingerprint density at radius 3 is 2.48 bits per heavy atom. The van der Waals surface area contributed by atoms with Crippen molar-refractivity contribution in [3.8, 4) is 5.69 Å². The van der Waals surface area contributed by atoms with Crippen molar-refractivity contribution in [1.82, 2.24) is 19.8 Å². The normalized spacial score (nSPS) is 19.9. The van der Waals surface area contributed by atoms with Crippen LogP contribution >= 0.6 is 12.2 Å². The third-order valence-electron chi connectivity index (χ3n) is 4.76. The Balaban J connectivity index is 1.84. The number of pyridine rings is 1. The molecule has 0 aliphatic carbocycles. The highest BCUT2D eigenvalue weighted by atomic mass is 32.1. The Hall–Kier alpha value is -2.66. The number of nitrogens with one attached hydrogen (secondary N) is 1. The first-order chi connectivity index (χ1) is 12.2. The summed E-state index contributed by atoms with van der Waals surface area (Å²) in [6.07, 6.45) is 1.83. The number of para-hydroxylation sites is 1. The summed E-state index contributed by atoms with van der Waals surface area (Å²) in [6.45, 7) is 2.13. The minimum Gasteiger partial charge on any atom is -0.352 e. The van der Waals surface area contributed by atoms with Gasteiger partial charge in [-0.3, -0.25) is 4.98 Å². The van der Waals surface area contributed by atoms with Crippen molar-refractivity contribution in [2.24, 2.45) is 0 Å². The number of thiocarbonyl (C=S) groups is 1. The minimum absolute atomic E-state index is 0.0236. The zero-order chi connectivity index (χ0) is 17.4.